The van der Waals surface area contributed by atoms with Crippen LogP contribution >= 0.6 is 0 Å². The summed E-state index contributed by atoms with van der Waals surface area (Å²) in [5, 5.41) is 0. The summed E-state index contributed by atoms with van der Waals surface area (Å²) in [5.74, 6) is 0.603. The van der Waals surface area contributed by atoms with Crippen LogP contribution in [0.15, 0.2) is 0 Å². The maximum Gasteiger partial charge on any atom is 0.205 e. The van der Waals surface area contributed by atoms with Crippen LogP contribution < -0.4 is 0 Å². The first kappa shape index (κ1) is 7.84. The molecule has 0 unspecified atom stereocenters. The molecule has 0 heterocycles. The van der Waals surface area contributed by atoms with Gasteiger partial charge in [0.25, 0.3) is 0 Å². The lowest BCUT2D eigenvalue weighted by atomic mass is 9.57. The van der Waals surface area contributed by atoms with E-state index in [1.54, 1.807) is 6.92 Å². The van der Waals surface area contributed by atoms with Gasteiger partial charge in [-0.3, -0.25) is 0 Å². The molecule has 0 saturated heterocycles. The van der Waals surface area contributed by atoms with Crippen molar-refractivity contribution in [1.82, 2.24) is 0 Å². The maximum atomic E-state index is 10.7. The Bertz CT molecular complexity index is 116. The molecule has 0 bridgehead atoms. The Hall–Kier alpha value is -0.265. The van der Waals surface area contributed by atoms with E-state index in [9.17, 15) is 4.79 Å². The zero-order valence-electron chi connectivity index (χ0n) is 6.60. The molecular weight excluding hydrogens is 123 g/mol. The molecule has 1 fully saturated rings. The summed E-state index contributed by atoms with van der Waals surface area (Å²) in [4.78, 5) is 10.7. The first-order chi connectivity index (χ1) is 4.79. The molecule has 1 aliphatic carbocycles. The molecule has 0 N–H and O–H groups in total. The van der Waals surface area contributed by atoms with Crippen LogP contribution in [0.3, 0.4) is 0 Å². The third-order valence-corrected chi connectivity index (χ3v) is 2.12. The molecule has 1 rings (SSSR count). The first-order valence-corrected chi connectivity index (χ1v) is 4.14. The summed E-state index contributed by atoms with van der Waals surface area (Å²) in [6.07, 6.45) is 6.46. The molecule has 0 atom stereocenters. The molecule has 0 spiro atoms. The summed E-state index contributed by atoms with van der Waals surface area (Å²) < 4.78 is 0. The van der Waals surface area contributed by atoms with E-state index >= 15 is 0 Å². The topological polar surface area (TPSA) is 17.1 Å². The number of hydrogen-bond donors (Lipinski definition) is 0. The van der Waals surface area contributed by atoms with E-state index in [1.165, 1.54) is 32.1 Å². The third kappa shape index (κ3) is 2.55. The van der Waals surface area contributed by atoms with Crippen LogP contribution in [0.5, 0.6) is 0 Å². The summed E-state index contributed by atoms with van der Waals surface area (Å²) >= 11 is 0. The quantitative estimate of drug-likeness (QED) is 0.532. The van der Waals surface area contributed by atoms with Crippen molar-refractivity contribution in [1.29, 1.82) is 0 Å². The Balaban J connectivity index is 2.19. The standard InChI is InChI=1S/C8H14BO/c1-7(10)9-8-5-3-2-4-6-8/h8H,2-6H2,1H3. The lowest BCUT2D eigenvalue weighted by Gasteiger charge is -2.18. The van der Waals surface area contributed by atoms with Crippen molar-refractivity contribution < 1.29 is 4.79 Å². The van der Waals surface area contributed by atoms with Gasteiger partial charge in [0.1, 0.15) is 0 Å². The second-order valence-corrected chi connectivity index (χ2v) is 3.18. The normalized spacial score (nSPS) is 20.5. The van der Waals surface area contributed by atoms with Gasteiger partial charge in [-0.05, 0) is 6.92 Å². The Morgan fingerprint density at radius 3 is 2.40 bits per heavy atom. The predicted molar refractivity (Wildman–Crippen MR) is 43.3 cm³/mol. The maximum absolute atomic E-state index is 10.7. The fourth-order valence-electron chi connectivity index (χ4n) is 1.63. The van der Waals surface area contributed by atoms with Gasteiger partial charge in [0.15, 0.2) is 0 Å². The average molecular weight is 137 g/mol. The van der Waals surface area contributed by atoms with Crippen molar-refractivity contribution >= 4 is 13.0 Å². The van der Waals surface area contributed by atoms with Crippen LogP contribution in [-0.4, -0.2) is 13.0 Å². The Kier molecular flexibility index (Phi) is 2.97. The number of hydrogen-bond acceptors (Lipinski definition) is 1. The van der Waals surface area contributed by atoms with Gasteiger partial charge in [-0.2, -0.15) is 0 Å². The fourth-order valence-corrected chi connectivity index (χ4v) is 1.63. The Morgan fingerprint density at radius 2 is 1.90 bits per heavy atom. The zero-order valence-corrected chi connectivity index (χ0v) is 6.60. The molecule has 0 amide bonds. The van der Waals surface area contributed by atoms with Gasteiger partial charge in [0.05, 0.1) is 5.68 Å². The summed E-state index contributed by atoms with van der Waals surface area (Å²) in [6, 6.07) is 0. The van der Waals surface area contributed by atoms with Crippen LogP contribution in [-0.2, 0) is 4.79 Å². The first-order valence-electron chi connectivity index (χ1n) is 4.14. The van der Waals surface area contributed by atoms with Crippen LogP contribution in [0.4, 0.5) is 0 Å². The van der Waals surface area contributed by atoms with E-state index in [4.69, 9.17) is 0 Å². The van der Waals surface area contributed by atoms with E-state index in [1.807, 2.05) is 7.28 Å². The highest BCUT2D eigenvalue weighted by molar-refractivity contribution is 6.74. The van der Waals surface area contributed by atoms with E-state index in [0.29, 0.717) is 5.82 Å². The molecule has 1 saturated carbocycles. The molecule has 0 aromatic carbocycles. The van der Waals surface area contributed by atoms with Gasteiger partial charge in [-0.15, -0.1) is 0 Å². The van der Waals surface area contributed by atoms with Gasteiger partial charge in [-0.25, -0.2) is 0 Å². The highest BCUT2D eigenvalue weighted by Gasteiger charge is 2.15. The van der Waals surface area contributed by atoms with Crippen LogP contribution in [0.2, 0.25) is 5.82 Å². The fraction of sp³-hybridized carbons (Fsp3) is 0.875. The summed E-state index contributed by atoms with van der Waals surface area (Å²) in [5.41, 5.74) is 0.243. The van der Waals surface area contributed by atoms with Crippen molar-refractivity contribution in [2.24, 2.45) is 0 Å². The Labute approximate surface area is 63.4 Å². The van der Waals surface area contributed by atoms with Gasteiger partial charge < -0.3 is 4.79 Å². The number of carbonyl (C=O) groups is 1. The second-order valence-electron chi connectivity index (χ2n) is 3.18. The summed E-state index contributed by atoms with van der Waals surface area (Å²) in [7, 11) is 1.89. The van der Waals surface area contributed by atoms with Gasteiger partial charge >= 0.3 is 0 Å². The monoisotopic (exact) mass is 137 g/mol. The average Bonchev–Trinajstić information content (AvgIpc) is 1.88. The van der Waals surface area contributed by atoms with E-state index in [0.717, 1.165) is 0 Å². The molecule has 1 radical (unpaired) electrons. The zero-order chi connectivity index (χ0) is 7.40. The van der Waals surface area contributed by atoms with Crippen molar-refractivity contribution in [3.05, 3.63) is 0 Å². The van der Waals surface area contributed by atoms with Crippen molar-refractivity contribution in [2.75, 3.05) is 0 Å². The molecule has 1 nitrogen and oxygen atoms in total. The highest BCUT2D eigenvalue weighted by Crippen LogP contribution is 2.27. The van der Waals surface area contributed by atoms with Crippen LogP contribution in [0.1, 0.15) is 39.0 Å². The smallest absolute Gasteiger partial charge is 0.205 e. The molecule has 55 valence electrons. The third-order valence-electron chi connectivity index (χ3n) is 2.12. The van der Waals surface area contributed by atoms with Crippen LogP contribution in [0, 0.1) is 0 Å². The predicted octanol–water partition coefficient (Wildman–Crippen LogP) is 1.99. The van der Waals surface area contributed by atoms with E-state index < -0.39 is 0 Å². The number of rotatable bonds is 2. The molecular formula is C8H14BO. The van der Waals surface area contributed by atoms with Gasteiger partial charge in [0, 0.05) is 0 Å². The minimum Gasteiger partial charge on any atom is -0.312 e. The molecule has 2 heteroatoms. The van der Waals surface area contributed by atoms with Crippen molar-refractivity contribution in [3.63, 3.8) is 0 Å². The molecule has 1 aliphatic rings. The SMILES string of the molecule is CC(=O)[B]C1CCCCC1. The lowest BCUT2D eigenvalue weighted by molar-refractivity contribution is -0.110. The Morgan fingerprint density at radius 1 is 1.30 bits per heavy atom. The minimum atomic E-state index is 0.243. The molecule has 0 aromatic heterocycles. The molecule has 0 aromatic rings. The lowest BCUT2D eigenvalue weighted by Crippen LogP contribution is -2.14. The number of carbonyl (C=O) groups excluding carboxylic acids is 1. The molecule has 0 aliphatic heterocycles. The van der Waals surface area contributed by atoms with Gasteiger partial charge in [0.2, 0.25) is 7.28 Å². The largest absolute Gasteiger partial charge is 0.312 e. The summed E-state index contributed by atoms with van der Waals surface area (Å²) in [6.45, 7) is 1.65. The van der Waals surface area contributed by atoms with Gasteiger partial charge in [-0.1, -0.05) is 37.9 Å². The van der Waals surface area contributed by atoms with Crippen molar-refractivity contribution in [3.8, 4) is 0 Å². The minimum absolute atomic E-state index is 0.243. The van der Waals surface area contributed by atoms with E-state index in [2.05, 4.69) is 0 Å². The van der Waals surface area contributed by atoms with E-state index in [-0.39, 0.29) is 5.68 Å². The molecule has 10 heavy (non-hydrogen) atoms. The van der Waals surface area contributed by atoms with Crippen LogP contribution in [0.25, 0.3) is 0 Å². The highest BCUT2D eigenvalue weighted by atomic mass is 16.1. The van der Waals surface area contributed by atoms with Crippen molar-refractivity contribution in [2.45, 2.75) is 44.8 Å². The second kappa shape index (κ2) is 3.79.